The van der Waals surface area contributed by atoms with Crippen LogP contribution in [-0.2, 0) is 10.0 Å². The van der Waals surface area contributed by atoms with E-state index >= 15 is 0 Å². The first-order valence-electron chi connectivity index (χ1n) is 6.88. The van der Waals surface area contributed by atoms with E-state index in [-0.39, 0.29) is 16.1 Å². The van der Waals surface area contributed by atoms with Crippen LogP contribution < -0.4 is 4.72 Å². The topological polar surface area (TPSA) is 46.2 Å². The molecule has 18 heavy (non-hydrogen) atoms. The highest BCUT2D eigenvalue weighted by Gasteiger charge is 2.38. The molecule has 1 unspecified atom stereocenters. The molecular weight excluding hydrogens is 262 g/mol. The zero-order valence-electron chi connectivity index (χ0n) is 13.1. The maximum absolute atomic E-state index is 12.4. The first-order valence-corrected chi connectivity index (χ1v) is 9.84. The van der Waals surface area contributed by atoms with Crippen LogP contribution in [0, 0.1) is 10.8 Å². The summed E-state index contributed by atoms with van der Waals surface area (Å²) >= 11 is 0. The van der Waals surface area contributed by atoms with Gasteiger partial charge in [0.15, 0.2) is 0 Å². The van der Waals surface area contributed by atoms with E-state index in [4.69, 9.17) is 0 Å². The fourth-order valence-corrected chi connectivity index (χ4v) is 4.56. The van der Waals surface area contributed by atoms with Gasteiger partial charge in [-0.15, -0.1) is 0 Å². The van der Waals surface area contributed by atoms with Crippen molar-refractivity contribution in [1.29, 1.82) is 0 Å². The van der Waals surface area contributed by atoms with E-state index < -0.39 is 10.0 Å². The van der Waals surface area contributed by atoms with Crippen LogP contribution in [0.1, 0.15) is 54.4 Å². The molecule has 0 saturated heterocycles. The van der Waals surface area contributed by atoms with Crippen molar-refractivity contribution in [1.82, 2.24) is 4.72 Å². The highest BCUT2D eigenvalue weighted by atomic mass is 32.2. The fourth-order valence-electron chi connectivity index (χ4n) is 1.93. The molecule has 0 aromatic rings. The maximum atomic E-state index is 12.4. The van der Waals surface area contributed by atoms with Gasteiger partial charge < -0.3 is 0 Å². The third-order valence-corrected chi connectivity index (χ3v) is 5.91. The Morgan fingerprint density at radius 2 is 1.61 bits per heavy atom. The summed E-state index contributed by atoms with van der Waals surface area (Å²) in [6.07, 6.45) is 1.64. The molecule has 1 atom stereocenters. The van der Waals surface area contributed by atoms with Crippen LogP contribution in [0.2, 0.25) is 6.04 Å². The van der Waals surface area contributed by atoms with E-state index in [0.29, 0.717) is 13.0 Å². The number of rotatable bonds is 6. The summed E-state index contributed by atoms with van der Waals surface area (Å²) in [6, 6.07) is 1.14. The molecule has 0 aliphatic heterocycles. The second kappa shape index (κ2) is 6.53. The molecule has 0 spiro atoms. The Morgan fingerprint density at radius 3 is 1.94 bits per heavy atom. The predicted molar refractivity (Wildman–Crippen MR) is 83.6 cm³/mol. The predicted octanol–water partition coefficient (Wildman–Crippen LogP) is 1.93. The highest BCUT2D eigenvalue weighted by Crippen LogP contribution is 2.34. The van der Waals surface area contributed by atoms with Crippen molar-refractivity contribution in [3.8, 4) is 0 Å². The fraction of sp³-hybridized carbons (Fsp3) is 1.00. The summed E-state index contributed by atoms with van der Waals surface area (Å²) in [7, 11) is -2.08. The van der Waals surface area contributed by atoms with Crippen LogP contribution in [0.4, 0.5) is 0 Å². The van der Waals surface area contributed by atoms with Crippen LogP contribution in [0.5, 0.6) is 0 Å². The zero-order chi connectivity index (χ0) is 14.6. The van der Waals surface area contributed by atoms with E-state index in [1.165, 1.54) is 0 Å². The zero-order valence-corrected chi connectivity index (χ0v) is 15.9. The minimum absolute atomic E-state index is 0.0182. The first kappa shape index (κ1) is 18.1. The molecule has 0 aliphatic rings. The molecule has 0 bridgehead atoms. The Hall–Kier alpha value is 0.127. The SMILES string of the molecule is CC(C)(C)CC(C(C)(C)C)S(=O)(=O)NCCC[SiH3]. The lowest BCUT2D eigenvalue weighted by Gasteiger charge is -2.35. The molecule has 110 valence electrons. The molecule has 0 aromatic carbocycles. The van der Waals surface area contributed by atoms with Crippen LogP contribution in [-0.4, -0.2) is 30.5 Å². The third-order valence-electron chi connectivity index (χ3n) is 2.97. The van der Waals surface area contributed by atoms with Gasteiger partial charge in [-0.2, -0.15) is 0 Å². The monoisotopic (exact) mass is 293 g/mol. The minimum atomic E-state index is -3.22. The summed E-state index contributed by atoms with van der Waals surface area (Å²) in [5.41, 5.74) is -0.218. The van der Waals surface area contributed by atoms with Gasteiger partial charge in [0.05, 0.1) is 5.25 Å². The molecule has 0 saturated carbocycles. The maximum Gasteiger partial charge on any atom is 0.215 e. The Labute approximate surface area is 117 Å². The molecule has 0 aliphatic carbocycles. The average molecular weight is 294 g/mol. The highest BCUT2D eigenvalue weighted by molar-refractivity contribution is 7.90. The molecule has 5 heteroatoms. The van der Waals surface area contributed by atoms with Crippen molar-refractivity contribution in [2.45, 2.75) is 65.7 Å². The van der Waals surface area contributed by atoms with Gasteiger partial charge in [0.1, 0.15) is 0 Å². The van der Waals surface area contributed by atoms with Gasteiger partial charge in [-0.3, -0.25) is 0 Å². The van der Waals surface area contributed by atoms with Crippen molar-refractivity contribution in [2.75, 3.05) is 6.54 Å². The Morgan fingerprint density at radius 1 is 1.11 bits per heavy atom. The number of sulfonamides is 1. The first-order chi connectivity index (χ1) is 7.90. The summed E-state index contributed by atoms with van der Waals surface area (Å²) in [5.74, 6) is 0. The molecule has 0 radical (unpaired) electrons. The minimum Gasteiger partial charge on any atom is -0.215 e. The van der Waals surface area contributed by atoms with E-state index in [1.807, 2.05) is 20.8 Å². The number of hydrogen-bond acceptors (Lipinski definition) is 2. The van der Waals surface area contributed by atoms with Gasteiger partial charge in [0.25, 0.3) is 0 Å². The van der Waals surface area contributed by atoms with Crippen molar-refractivity contribution in [2.24, 2.45) is 10.8 Å². The molecule has 0 aromatic heterocycles. The normalized spacial score (nSPS) is 15.9. The molecule has 0 heterocycles. The van der Waals surface area contributed by atoms with Crippen molar-refractivity contribution < 1.29 is 8.42 Å². The lowest BCUT2D eigenvalue weighted by molar-refractivity contribution is 0.275. The van der Waals surface area contributed by atoms with Crippen LogP contribution in [0.15, 0.2) is 0 Å². The molecule has 0 amide bonds. The van der Waals surface area contributed by atoms with Gasteiger partial charge in [0, 0.05) is 16.8 Å². The van der Waals surface area contributed by atoms with Crippen molar-refractivity contribution in [3.05, 3.63) is 0 Å². The summed E-state index contributed by atoms with van der Waals surface area (Å²) < 4.78 is 27.6. The third kappa shape index (κ3) is 6.90. The van der Waals surface area contributed by atoms with Gasteiger partial charge in [-0.05, 0) is 23.7 Å². The summed E-state index contributed by atoms with van der Waals surface area (Å²) in [4.78, 5) is 0. The molecule has 1 N–H and O–H groups in total. The molecule has 0 fully saturated rings. The lowest BCUT2D eigenvalue weighted by Crippen LogP contribution is -2.44. The average Bonchev–Trinajstić information content (AvgIpc) is 2.11. The second-order valence-corrected chi connectivity index (χ2v) is 10.4. The quantitative estimate of drug-likeness (QED) is 0.601. The summed E-state index contributed by atoms with van der Waals surface area (Å²) in [5, 5.41) is -0.334. The second-order valence-electron chi connectivity index (χ2n) is 7.41. The van der Waals surface area contributed by atoms with Crippen LogP contribution in [0.3, 0.4) is 0 Å². The van der Waals surface area contributed by atoms with Crippen molar-refractivity contribution in [3.63, 3.8) is 0 Å². The lowest BCUT2D eigenvalue weighted by atomic mass is 9.81. The summed E-state index contributed by atoms with van der Waals surface area (Å²) in [6.45, 7) is 12.9. The van der Waals surface area contributed by atoms with Gasteiger partial charge in [-0.25, -0.2) is 13.1 Å². The Balaban J connectivity index is 4.97. The van der Waals surface area contributed by atoms with Crippen LogP contribution >= 0.6 is 0 Å². The smallest absolute Gasteiger partial charge is 0.215 e. The molecular formula is C13H31NO2SSi. The molecule has 3 nitrogen and oxygen atoms in total. The number of nitrogens with one attached hydrogen (secondary N) is 1. The van der Waals surface area contributed by atoms with Gasteiger partial charge in [0.2, 0.25) is 10.0 Å². The number of hydrogen-bond donors (Lipinski definition) is 1. The van der Waals surface area contributed by atoms with E-state index in [1.54, 1.807) is 0 Å². The van der Waals surface area contributed by atoms with Crippen LogP contribution in [0.25, 0.3) is 0 Å². The Bertz CT molecular complexity index is 339. The van der Waals surface area contributed by atoms with Crippen molar-refractivity contribution >= 4 is 20.3 Å². The Kier molecular flexibility index (Phi) is 6.57. The largest absolute Gasteiger partial charge is 0.215 e. The van der Waals surface area contributed by atoms with E-state index in [2.05, 4.69) is 25.5 Å². The molecule has 0 rings (SSSR count). The van der Waals surface area contributed by atoms with Gasteiger partial charge in [-0.1, -0.05) is 47.6 Å². The van der Waals surface area contributed by atoms with Gasteiger partial charge >= 0.3 is 0 Å². The van der Waals surface area contributed by atoms with E-state index in [9.17, 15) is 8.42 Å². The standard InChI is InChI=1S/C13H31NO2SSi/c1-12(2,3)10-11(13(4,5)6)17(15,16)14-8-7-9-18/h11,14H,7-10H2,1-6,18H3. The van der Waals surface area contributed by atoms with E-state index in [0.717, 1.165) is 22.7 Å².